The smallest absolute Gasteiger partial charge is 0.274 e. The Bertz CT molecular complexity index is 548. The Balaban J connectivity index is 1.99. The standard InChI is InChI=1S/C14H24N2O3S2/c1-3-15-10-12-6-7-13(19-12)21(17,18)16-11-14(20-2)8-4-5-9-14/h6-7,15-16H,3-5,8-11H2,1-2H3. The molecule has 1 saturated carbocycles. The lowest BCUT2D eigenvalue weighted by Gasteiger charge is -2.26. The molecule has 2 rings (SSSR count). The highest BCUT2D eigenvalue weighted by Crippen LogP contribution is 2.39. The van der Waals surface area contributed by atoms with Gasteiger partial charge in [-0.15, -0.1) is 0 Å². The summed E-state index contributed by atoms with van der Waals surface area (Å²) in [4.78, 5) is 0. The first-order chi connectivity index (χ1) is 10.0. The van der Waals surface area contributed by atoms with E-state index in [4.69, 9.17) is 4.42 Å². The van der Waals surface area contributed by atoms with Crippen LogP contribution >= 0.6 is 11.8 Å². The van der Waals surface area contributed by atoms with E-state index in [-0.39, 0.29) is 9.84 Å². The summed E-state index contributed by atoms with van der Waals surface area (Å²) in [7, 11) is -3.56. The Labute approximate surface area is 131 Å². The molecule has 0 unspecified atom stereocenters. The van der Waals surface area contributed by atoms with E-state index >= 15 is 0 Å². The number of hydrogen-bond acceptors (Lipinski definition) is 5. The normalized spacial score (nSPS) is 18.2. The summed E-state index contributed by atoms with van der Waals surface area (Å²) in [6.45, 7) is 3.82. The second kappa shape index (κ2) is 7.17. The highest BCUT2D eigenvalue weighted by atomic mass is 32.2. The molecule has 0 amide bonds. The van der Waals surface area contributed by atoms with Gasteiger partial charge in [-0.2, -0.15) is 11.8 Å². The van der Waals surface area contributed by atoms with Gasteiger partial charge in [-0.25, -0.2) is 13.1 Å². The molecule has 0 atom stereocenters. The zero-order chi connectivity index (χ0) is 15.3. The molecule has 1 aliphatic carbocycles. The first kappa shape index (κ1) is 16.9. The molecule has 0 saturated heterocycles. The third kappa shape index (κ3) is 4.25. The van der Waals surface area contributed by atoms with Gasteiger partial charge in [0.25, 0.3) is 10.0 Å². The number of furan rings is 1. The fraction of sp³-hybridized carbons (Fsp3) is 0.714. The molecule has 120 valence electrons. The highest BCUT2D eigenvalue weighted by Gasteiger charge is 2.34. The van der Waals surface area contributed by atoms with Crippen LogP contribution in [0, 0.1) is 0 Å². The van der Waals surface area contributed by atoms with Gasteiger partial charge in [-0.3, -0.25) is 0 Å². The van der Waals surface area contributed by atoms with Crippen molar-refractivity contribution in [3.8, 4) is 0 Å². The number of hydrogen-bond donors (Lipinski definition) is 2. The molecule has 5 nitrogen and oxygen atoms in total. The maximum absolute atomic E-state index is 12.3. The summed E-state index contributed by atoms with van der Waals surface area (Å²) < 4.78 is 32.8. The zero-order valence-electron chi connectivity index (χ0n) is 12.6. The van der Waals surface area contributed by atoms with Gasteiger partial charge < -0.3 is 9.73 Å². The molecule has 0 spiro atoms. The van der Waals surface area contributed by atoms with Crippen molar-refractivity contribution in [3.05, 3.63) is 17.9 Å². The van der Waals surface area contributed by atoms with Crippen molar-refractivity contribution in [1.29, 1.82) is 0 Å². The van der Waals surface area contributed by atoms with Crippen LogP contribution in [0.1, 0.15) is 38.4 Å². The number of rotatable bonds is 8. The largest absolute Gasteiger partial charge is 0.447 e. The number of thioether (sulfide) groups is 1. The number of nitrogens with one attached hydrogen (secondary N) is 2. The summed E-state index contributed by atoms with van der Waals surface area (Å²) in [6.07, 6.45) is 6.55. The van der Waals surface area contributed by atoms with Crippen LogP contribution < -0.4 is 10.0 Å². The molecular formula is C14H24N2O3S2. The Morgan fingerprint density at radius 1 is 1.33 bits per heavy atom. The van der Waals surface area contributed by atoms with Gasteiger partial charge in [0, 0.05) is 11.3 Å². The van der Waals surface area contributed by atoms with Crippen molar-refractivity contribution in [3.63, 3.8) is 0 Å². The van der Waals surface area contributed by atoms with E-state index < -0.39 is 10.0 Å². The van der Waals surface area contributed by atoms with Gasteiger partial charge in [-0.05, 0) is 37.8 Å². The predicted octanol–water partition coefficient (Wildman–Crippen LogP) is 2.34. The maximum atomic E-state index is 12.3. The van der Waals surface area contributed by atoms with Gasteiger partial charge >= 0.3 is 0 Å². The fourth-order valence-electron chi connectivity index (χ4n) is 2.62. The molecule has 2 N–H and O–H groups in total. The van der Waals surface area contributed by atoms with Gasteiger partial charge in [0.05, 0.1) is 6.54 Å². The van der Waals surface area contributed by atoms with Crippen molar-refractivity contribution in [2.45, 2.75) is 49.0 Å². The summed E-state index contributed by atoms with van der Waals surface area (Å²) >= 11 is 1.76. The topological polar surface area (TPSA) is 71.3 Å². The van der Waals surface area contributed by atoms with Crippen molar-refractivity contribution < 1.29 is 12.8 Å². The summed E-state index contributed by atoms with van der Waals surface area (Å²) in [5, 5.41) is 3.11. The zero-order valence-corrected chi connectivity index (χ0v) is 14.3. The lowest BCUT2D eigenvalue weighted by molar-refractivity contribution is 0.400. The first-order valence-corrected chi connectivity index (χ1v) is 10.1. The van der Waals surface area contributed by atoms with Crippen molar-refractivity contribution >= 4 is 21.8 Å². The molecular weight excluding hydrogens is 308 g/mol. The molecule has 1 fully saturated rings. The predicted molar refractivity (Wildman–Crippen MR) is 86.0 cm³/mol. The minimum atomic E-state index is -3.56. The van der Waals surface area contributed by atoms with Gasteiger partial charge in [-0.1, -0.05) is 19.8 Å². The van der Waals surface area contributed by atoms with E-state index in [0.717, 1.165) is 19.4 Å². The third-order valence-corrected chi connectivity index (χ3v) is 6.68. The van der Waals surface area contributed by atoms with Crippen LogP contribution in [0.25, 0.3) is 0 Å². The van der Waals surface area contributed by atoms with Crippen molar-refractivity contribution in [1.82, 2.24) is 10.0 Å². The molecule has 0 bridgehead atoms. The second-order valence-electron chi connectivity index (χ2n) is 5.42. The summed E-state index contributed by atoms with van der Waals surface area (Å²) in [6, 6.07) is 3.23. The molecule has 1 aliphatic rings. The van der Waals surface area contributed by atoms with Crippen LogP contribution in [-0.4, -0.2) is 32.5 Å². The van der Waals surface area contributed by atoms with E-state index in [1.165, 1.54) is 18.9 Å². The SMILES string of the molecule is CCNCc1ccc(S(=O)(=O)NCC2(SC)CCCC2)o1. The van der Waals surface area contributed by atoms with E-state index in [1.54, 1.807) is 17.8 Å². The van der Waals surface area contributed by atoms with Crippen molar-refractivity contribution in [2.75, 3.05) is 19.3 Å². The molecule has 0 radical (unpaired) electrons. The molecule has 1 heterocycles. The Kier molecular flexibility index (Phi) is 5.76. The van der Waals surface area contributed by atoms with Crippen LogP contribution in [0.4, 0.5) is 0 Å². The quantitative estimate of drug-likeness (QED) is 0.764. The van der Waals surface area contributed by atoms with E-state index in [1.807, 2.05) is 6.92 Å². The molecule has 1 aromatic heterocycles. The van der Waals surface area contributed by atoms with E-state index in [0.29, 0.717) is 18.8 Å². The third-order valence-electron chi connectivity index (χ3n) is 3.98. The van der Waals surface area contributed by atoms with Gasteiger partial charge in [0.1, 0.15) is 5.76 Å². The Hall–Kier alpha value is -0.500. The van der Waals surface area contributed by atoms with E-state index in [9.17, 15) is 8.42 Å². The first-order valence-electron chi connectivity index (χ1n) is 7.35. The lowest BCUT2D eigenvalue weighted by atomic mass is 10.1. The Morgan fingerprint density at radius 3 is 2.67 bits per heavy atom. The monoisotopic (exact) mass is 332 g/mol. The van der Waals surface area contributed by atoms with Crippen LogP contribution in [-0.2, 0) is 16.6 Å². The number of sulfonamides is 1. The lowest BCUT2D eigenvalue weighted by Crippen LogP contribution is -2.38. The summed E-state index contributed by atoms with van der Waals surface area (Å²) in [5.74, 6) is 0.637. The molecule has 21 heavy (non-hydrogen) atoms. The second-order valence-corrected chi connectivity index (χ2v) is 8.39. The molecule has 0 aromatic carbocycles. The average molecular weight is 332 g/mol. The van der Waals surface area contributed by atoms with Gasteiger partial charge in [0.15, 0.2) is 0 Å². The minimum absolute atomic E-state index is 0.00431. The van der Waals surface area contributed by atoms with Gasteiger partial charge in [0.2, 0.25) is 5.09 Å². The fourth-order valence-corrected chi connectivity index (χ4v) is 4.69. The van der Waals surface area contributed by atoms with Crippen LogP contribution in [0.15, 0.2) is 21.6 Å². The average Bonchev–Trinajstić information content (AvgIpc) is 3.13. The maximum Gasteiger partial charge on any atom is 0.274 e. The molecule has 0 aliphatic heterocycles. The molecule has 1 aromatic rings. The van der Waals surface area contributed by atoms with Crippen LogP contribution in [0.5, 0.6) is 0 Å². The molecule has 7 heteroatoms. The van der Waals surface area contributed by atoms with Crippen molar-refractivity contribution in [2.24, 2.45) is 0 Å². The minimum Gasteiger partial charge on any atom is -0.447 e. The highest BCUT2D eigenvalue weighted by molar-refractivity contribution is 8.00. The summed E-state index contributed by atoms with van der Waals surface area (Å²) in [5.41, 5.74) is 0. The van der Waals surface area contributed by atoms with Crippen LogP contribution in [0.2, 0.25) is 0 Å². The van der Waals surface area contributed by atoms with Crippen LogP contribution in [0.3, 0.4) is 0 Å². The van der Waals surface area contributed by atoms with E-state index in [2.05, 4.69) is 16.3 Å². The Morgan fingerprint density at radius 2 is 2.05 bits per heavy atom.